The molecule has 0 radical (unpaired) electrons. The molecule has 0 heterocycles. The maximum absolute atomic E-state index is 12.0. The number of esters is 1. The van der Waals surface area contributed by atoms with Crippen molar-refractivity contribution in [3.63, 3.8) is 0 Å². The minimum Gasteiger partial charge on any atom is -0.480 e. The van der Waals surface area contributed by atoms with Crippen LogP contribution in [0.2, 0.25) is 0 Å². The van der Waals surface area contributed by atoms with Gasteiger partial charge in [-0.1, -0.05) is 60.7 Å². The number of benzene rings is 2. The molecule has 0 saturated heterocycles. The number of ether oxygens (including phenoxy) is 1. The van der Waals surface area contributed by atoms with Crippen molar-refractivity contribution >= 4 is 17.8 Å². The summed E-state index contributed by atoms with van der Waals surface area (Å²) in [6, 6.07) is 15.5. The van der Waals surface area contributed by atoms with Gasteiger partial charge in [-0.25, -0.2) is 4.79 Å². The molecular formula is C19H19NO6. The van der Waals surface area contributed by atoms with Gasteiger partial charge in [-0.2, -0.15) is 0 Å². The number of carbonyl (C=O) groups excluding carboxylic acids is 2. The summed E-state index contributed by atoms with van der Waals surface area (Å²) in [5, 5.41) is 21.3. The summed E-state index contributed by atoms with van der Waals surface area (Å²) in [5.41, 5.74) is 1.08. The van der Waals surface area contributed by atoms with Gasteiger partial charge >= 0.3 is 11.9 Å². The number of carboxylic acid groups (broad SMARTS) is 1. The fourth-order valence-electron chi connectivity index (χ4n) is 2.20. The number of hydrogen-bond donors (Lipinski definition) is 3. The minimum absolute atomic E-state index is 0.00655. The molecule has 0 aliphatic heterocycles. The van der Waals surface area contributed by atoms with Crippen LogP contribution in [0.15, 0.2) is 60.7 Å². The molecule has 136 valence electrons. The fourth-order valence-corrected chi connectivity index (χ4v) is 2.20. The van der Waals surface area contributed by atoms with Gasteiger partial charge in [0.25, 0.3) is 5.91 Å². The van der Waals surface area contributed by atoms with Crippen LogP contribution in [0, 0.1) is 0 Å². The van der Waals surface area contributed by atoms with E-state index in [9.17, 15) is 24.6 Å². The van der Waals surface area contributed by atoms with Crippen LogP contribution in [0.1, 0.15) is 23.7 Å². The van der Waals surface area contributed by atoms with Crippen LogP contribution in [0.25, 0.3) is 0 Å². The molecule has 2 rings (SSSR count). The van der Waals surface area contributed by atoms with Crippen LogP contribution >= 0.6 is 0 Å². The van der Waals surface area contributed by atoms with Gasteiger partial charge in [-0.05, 0) is 11.1 Å². The van der Waals surface area contributed by atoms with E-state index in [1.54, 1.807) is 42.5 Å². The van der Waals surface area contributed by atoms with Crippen molar-refractivity contribution in [2.45, 2.75) is 25.2 Å². The summed E-state index contributed by atoms with van der Waals surface area (Å²) in [6.07, 6.45) is -2.08. The normalized spacial score (nSPS) is 12.7. The second-order valence-corrected chi connectivity index (χ2v) is 5.56. The zero-order valence-electron chi connectivity index (χ0n) is 13.9. The molecule has 2 aromatic carbocycles. The van der Waals surface area contributed by atoms with Crippen molar-refractivity contribution in [3.05, 3.63) is 71.8 Å². The third-order valence-electron chi connectivity index (χ3n) is 3.59. The van der Waals surface area contributed by atoms with E-state index < -0.39 is 36.4 Å². The standard InChI is InChI=1S/C19H19NO6/c21-16(26-12-13-7-3-1-4-8-13)11-15(19(24)25)20-18(23)17(22)14-9-5-2-6-10-14/h1-10,15,17,22H,11-12H2,(H,20,23)(H,24,25)/t15-,17-/m0/s1. The van der Waals surface area contributed by atoms with Crippen LogP contribution in [0.5, 0.6) is 0 Å². The van der Waals surface area contributed by atoms with Crippen molar-refractivity contribution in [2.24, 2.45) is 0 Å². The highest BCUT2D eigenvalue weighted by Crippen LogP contribution is 2.13. The zero-order chi connectivity index (χ0) is 18.9. The van der Waals surface area contributed by atoms with Crippen LogP contribution in [0.4, 0.5) is 0 Å². The Morgan fingerprint density at radius 2 is 1.54 bits per heavy atom. The SMILES string of the molecule is O=C(C[C@H](NC(=O)[C@@H](O)c1ccccc1)C(=O)O)OCc1ccccc1. The Morgan fingerprint density at radius 1 is 0.962 bits per heavy atom. The summed E-state index contributed by atoms with van der Waals surface area (Å²) in [6.45, 7) is 0.00655. The van der Waals surface area contributed by atoms with Crippen molar-refractivity contribution in [3.8, 4) is 0 Å². The summed E-state index contributed by atoms with van der Waals surface area (Å²) < 4.78 is 5.02. The first-order valence-corrected chi connectivity index (χ1v) is 7.93. The number of aliphatic hydroxyl groups is 1. The Balaban J connectivity index is 1.90. The molecule has 0 unspecified atom stereocenters. The van der Waals surface area contributed by atoms with Crippen LogP contribution in [-0.2, 0) is 25.7 Å². The van der Waals surface area contributed by atoms with Crippen LogP contribution in [-0.4, -0.2) is 34.1 Å². The van der Waals surface area contributed by atoms with Gasteiger partial charge in [-0.15, -0.1) is 0 Å². The largest absolute Gasteiger partial charge is 0.480 e. The molecular weight excluding hydrogens is 338 g/mol. The summed E-state index contributed by atoms with van der Waals surface area (Å²) in [7, 11) is 0. The molecule has 1 amide bonds. The molecule has 0 bridgehead atoms. The lowest BCUT2D eigenvalue weighted by Gasteiger charge is -2.17. The van der Waals surface area contributed by atoms with E-state index in [1.165, 1.54) is 12.1 Å². The van der Waals surface area contributed by atoms with Crippen LogP contribution < -0.4 is 5.32 Å². The Labute approximate surface area is 150 Å². The van der Waals surface area contributed by atoms with E-state index >= 15 is 0 Å². The third kappa shape index (κ3) is 5.71. The Bertz CT molecular complexity index is 747. The first-order valence-electron chi connectivity index (χ1n) is 7.93. The number of rotatable bonds is 8. The smallest absolute Gasteiger partial charge is 0.326 e. The van der Waals surface area contributed by atoms with Crippen molar-refractivity contribution < 1.29 is 29.3 Å². The lowest BCUT2D eigenvalue weighted by Crippen LogP contribution is -2.44. The predicted octanol–water partition coefficient (Wildman–Crippen LogP) is 1.42. The molecule has 0 aliphatic rings. The maximum atomic E-state index is 12.0. The number of amides is 1. The molecule has 0 aromatic heterocycles. The van der Waals surface area contributed by atoms with Gasteiger partial charge in [0.2, 0.25) is 0 Å². The number of hydrogen-bond acceptors (Lipinski definition) is 5. The van der Waals surface area contributed by atoms with Gasteiger partial charge in [0.1, 0.15) is 12.6 Å². The number of nitrogens with one attached hydrogen (secondary N) is 1. The molecule has 2 aromatic rings. The fraction of sp³-hybridized carbons (Fsp3) is 0.211. The highest BCUT2D eigenvalue weighted by Gasteiger charge is 2.27. The first kappa shape index (κ1) is 19.1. The number of carboxylic acids is 1. The summed E-state index contributed by atoms with van der Waals surface area (Å²) in [5.74, 6) is -3.06. The molecule has 7 nitrogen and oxygen atoms in total. The molecule has 0 saturated carbocycles. The van der Waals surface area contributed by atoms with E-state index in [0.717, 1.165) is 5.56 Å². The molecule has 0 fully saturated rings. The van der Waals surface area contributed by atoms with E-state index in [-0.39, 0.29) is 6.61 Å². The van der Waals surface area contributed by atoms with E-state index in [0.29, 0.717) is 5.56 Å². The second kappa shape index (κ2) is 9.33. The lowest BCUT2D eigenvalue weighted by molar-refractivity contribution is -0.151. The topological polar surface area (TPSA) is 113 Å². The van der Waals surface area contributed by atoms with Gasteiger partial charge in [0.15, 0.2) is 6.10 Å². The molecule has 0 aliphatic carbocycles. The zero-order valence-corrected chi connectivity index (χ0v) is 13.9. The van der Waals surface area contributed by atoms with Gasteiger partial charge in [0.05, 0.1) is 6.42 Å². The van der Waals surface area contributed by atoms with Crippen molar-refractivity contribution in [2.75, 3.05) is 0 Å². The van der Waals surface area contributed by atoms with Crippen molar-refractivity contribution in [1.29, 1.82) is 0 Å². The average Bonchev–Trinajstić information content (AvgIpc) is 2.66. The number of aliphatic hydroxyl groups excluding tert-OH is 1. The monoisotopic (exact) mass is 357 g/mol. The Kier molecular flexibility index (Phi) is 6.87. The molecule has 3 N–H and O–H groups in total. The van der Waals surface area contributed by atoms with Gasteiger partial charge in [-0.3, -0.25) is 9.59 Å². The van der Waals surface area contributed by atoms with E-state index in [4.69, 9.17) is 4.74 Å². The summed E-state index contributed by atoms with van der Waals surface area (Å²) >= 11 is 0. The molecule has 2 atom stereocenters. The number of aliphatic carboxylic acids is 1. The second-order valence-electron chi connectivity index (χ2n) is 5.56. The van der Waals surface area contributed by atoms with E-state index in [1.807, 2.05) is 6.07 Å². The lowest BCUT2D eigenvalue weighted by atomic mass is 10.1. The molecule has 0 spiro atoms. The van der Waals surface area contributed by atoms with Crippen molar-refractivity contribution in [1.82, 2.24) is 5.32 Å². The average molecular weight is 357 g/mol. The molecule has 7 heteroatoms. The van der Waals surface area contributed by atoms with Gasteiger partial charge < -0.3 is 20.3 Å². The number of carbonyl (C=O) groups is 3. The highest BCUT2D eigenvalue weighted by atomic mass is 16.5. The van der Waals surface area contributed by atoms with Crippen LogP contribution in [0.3, 0.4) is 0 Å². The Hall–Kier alpha value is -3.19. The third-order valence-corrected chi connectivity index (χ3v) is 3.59. The van der Waals surface area contributed by atoms with Gasteiger partial charge in [0, 0.05) is 0 Å². The Morgan fingerprint density at radius 3 is 2.12 bits per heavy atom. The highest BCUT2D eigenvalue weighted by molar-refractivity contribution is 5.89. The van der Waals surface area contributed by atoms with E-state index in [2.05, 4.69) is 5.32 Å². The first-order chi connectivity index (χ1) is 12.5. The maximum Gasteiger partial charge on any atom is 0.326 e. The quantitative estimate of drug-likeness (QED) is 0.616. The molecule has 26 heavy (non-hydrogen) atoms. The summed E-state index contributed by atoms with van der Waals surface area (Å²) in [4.78, 5) is 35.2. The predicted molar refractivity (Wildman–Crippen MR) is 91.8 cm³/mol. The minimum atomic E-state index is -1.53.